The van der Waals surface area contributed by atoms with Gasteiger partial charge in [0, 0.05) is 25.8 Å². The summed E-state index contributed by atoms with van der Waals surface area (Å²) in [6, 6.07) is -0.662. The van der Waals surface area contributed by atoms with Crippen molar-refractivity contribution in [1.82, 2.24) is 5.32 Å². The van der Waals surface area contributed by atoms with E-state index >= 15 is 0 Å². The van der Waals surface area contributed by atoms with Crippen molar-refractivity contribution in [2.75, 3.05) is 7.11 Å². The van der Waals surface area contributed by atoms with Crippen LogP contribution in [0.4, 0.5) is 8.78 Å². The summed E-state index contributed by atoms with van der Waals surface area (Å²) in [6.07, 6.45) is -0.711. The summed E-state index contributed by atoms with van der Waals surface area (Å²) in [7, 11) is 1.17. The number of hydrogen-bond donors (Lipinski definition) is 1. The molecule has 6 heteroatoms. The van der Waals surface area contributed by atoms with Crippen molar-refractivity contribution in [3.05, 3.63) is 0 Å². The van der Waals surface area contributed by atoms with Crippen LogP contribution in [0.15, 0.2) is 0 Å². The topological polar surface area (TPSA) is 55.4 Å². The molecule has 0 aromatic heterocycles. The molecule has 0 unspecified atom stereocenters. The number of amides is 1. The van der Waals surface area contributed by atoms with E-state index in [2.05, 4.69) is 10.1 Å². The molecule has 0 aliphatic heterocycles. The number of rotatable bonds is 2. The van der Waals surface area contributed by atoms with Gasteiger partial charge < -0.3 is 10.1 Å². The number of nitrogens with one attached hydrogen (secondary N) is 1. The molecule has 92 valence electrons. The Morgan fingerprint density at radius 1 is 1.38 bits per heavy atom. The van der Waals surface area contributed by atoms with Crippen molar-refractivity contribution in [3.63, 3.8) is 0 Å². The Balaban J connectivity index is 2.69. The minimum Gasteiger partial charge on any atom is -0.469 e. The predicted molar refractivity (Wildman–Crippen MR) is 51.9 cm³/mol. The molecule has 1 aliphatic rings. The third kappa shape index (κ3) is 3.43. The fraction of sp³-hybridized carbons (Fsp3) is 0.800. The van der Waals surface area contributed by atoms with Gasteiger partial charge in [0.25, 0.3) is 5.92 Å². The molecule has 0 saturated heterocycles. The number of ether oxygens (including phenoxy) is 1. The number of hydrogen-bond acceptors (Lipinski definition) is 3. The van der Waals surface area contributed by atoms with Gasteiger partial charge in [-0.1, -0.05) is 0 Å². The summed E-state index contributed by atoms with van der Waals surface area (Å²) in [5.41, 5.74) is 0. The zero-order valence-corrected chi connectivity index (χ0v) is 9.26. The number of methoxy groups -OCH3 is 1. The van der Waals surface area contributed by atoms with E-state index < -0.39 is 36.7 Å². The van der Waals surface area contributed by atoms with Crippen LogP contribution in [0.5, 0.6) is 0 Å². The average Bonchev–Trinajstić information content (AvgIpc) is 2.12. The van der Waals surface area contributed by atoms with Gasteiger partial charge in [-0.25, -0.2) is 8.78 Å². The normalized spacial score (nSPS) is 28.2. The fourth-order valence-electron chi connectivity index (χ4n) is 2.06. The zero-order chi connectivity index (χ0) is 12.3. The summed E-state index contributed by atoms with van der Waals surface area (Å²) in [4.78, 5) is 22.0. The van der Waals surface area contributed by atoms with Gasteiger partial charge in [-0.15, -0.1) is 0 Å². The molecule has 1 amide bonds. The zero-order valence-electron chi connectivity index (χ0n) is 9.26. The van der Waals surface area contributed by atoms with Gasteiger partial charge in [0.2, 0.25) is 5.91 Å². The molecule has 0 heterocycles. The molecule has 0 spiro atoms. The van der Waals surface area contributed by atoms with Gasteiger partial charge in [-0.2, -0.15) is 0 Å². The van der Waals surface area contributed by atoms with E-state index in [4.69, 9.17) is 0 Å². The van der Waals surface area contributed by atoms with Crippen LogP contribution in [0.25, 0.3) is 0 Å². The van der Waals surface area contributed by atoms with Gasteiger partial charge in [0.1, 0.15) is 0 Å². The summed E-state index contributed by atoms with van der Waals surface area (Å²) < 4.78 is 31.0. The van der Waals surface area contributed by atoms with Gasteiger partial charge in [0.05, 0.1) is 13.0 Å². The highest BCUT2D eigenvalue weighted by Gasteiger charge is 2.44. The van der Waals surface area contributed by atoms with Gasteiger partial charge in [0.15, 0.2) is 0 Å². The van der Waals surface area contributed by atoms with Crippen LogP contribution in [0.2, 0.25) is 0 Å². The lowest BCUT2D eigenvalue weighted by atomic mass is 9.83. The maximum absolute atomic E-state index is 13.3. The molecule has 0 bridgehead atoms. The van der Waals surface area contributed by atoms with Crippen molar-refractivity contribution in [3.8, 4) is 0 Å². The molecule has 1 aliphatic carbocycles. The first-order valence-corrected chi connectivity index (χ1v) is 5.07. The summed E-state index contributed by atoms with van der Waals surface area (Å²) in [6.45, 7) is 1.26. The van der Waals surface area contributed by atoms with Crippen LogP contribution in [-0.2, 0) is 14.3 Å². The third-order valence-corrected chi connectivity index (χ3v) is 2.60. The number of carbonyl (C=O) groups excluding carboxylic acids is 2. The highest BCUT2D eigenvalue weighted by atomic mass is 19.3. The Hall–Kier alpha value is -1.20. The molecule has 4 nitrogen and oxygen atoms in total. The highest BCUT2D eigenvalue weighted by Crippen LogP contribution is 2.37. The van der Waals surface area contributed by atoms with E-state index in [1.54, 1.807) is 0 Å². The van der Waals surface area contributed by atoms with Crippen molar-refractivity contribution >= 4 is 11.9 Å². The monoisotopic (exact) mass is 235 g/mol. The summed E-state index contributed by atoms with van der Waals surface area (Å²) >= 11 is 0. The SMILES string of the molecule is COC(=O)[C@@H]1C[C@H](NC(C)=O)CC(F)(F)C1. The minimum absolute atomic E-state index is 0.210. The fourth-order valence-corrected chi connectivity index (χ4v) is 2.06. The van der Waals surface area contributed by atoms with E-state index in [1.165, 1.54) is 14.0 Å². The van der Waals surface area contributed by atoms with Crippen molar-refractivity contribution in [1.29, 1.82) is 0 Å². The van der Waals surface area contributed by atoms with E-state index in [0.29, 0.717) is 0 Å². The Bertz CT molecular complexity index is 294. The molecule has 16 heavy (non-hydrogen) atoms. The van der Waals surface area contributed by atoms with Crippen LogP contribution >= 0.6 is 0 Å². The lowest BCUT2D eigenvalue weighted by Crippen LogP contribution is -2.46. The maximum atomic E-state index is 13.3. The lowest BCUT2D eigenvalue weighted by Gasteiger charge is -2.33. The molecule has 0 aromatic rings. The second-order valence-electron chi connectivity index (χ2n) is 4.12. The van der Waals surface area contributed by atoms with E-state index in [-0.39, 0.29) is 12.3 Å². The van der Waals surface area contributed by atoms with Crippen LogP contribution in [0.3, 0.4) is 0 Å². The third-order valence-electron chi connectivity index (χ3n) is 2.60. The smallest absolute Gasteiger partial charge is 0.308 e. The first-order chi connectivity index (χ1) is 7.34. The Kier molecular flexibility index (Phi) is 3.83. The number of alkyl halides is 2. The molecular weight excluding hydrogens is 220 g/mol. The second-order valence-corrected chi connectivity index (χ2v) is 4.12. The molecule has 1 fully saturated rings. The summed E-state index contributed by atoms with van der Waals surface area (Å²) in [5.74, 6) is -4.78. The van der Waals surface area contributed by atoms with Crippen LogP contribution in [0, 0.1) is 5.92 Å². The van der Waals surface area contributed by atoms with Crippen molar-refractivity contribution in [2.45, 2.75) is 38.2 Å². The van der Waals surface area contributed by atoms with E-state index in [9.17, 15) is 18.4 Å². The number of halogens is 2. The predicted octanol–water partition coefficient (Wildman–Crippen LogP) is 1.10. The van der Waals surface area contributed by atoms with Crippen LogP contribution in [0.1, 0.15) is 26.2 Å². The minimum atomic E-state index is -2.93. The Labute approximate surface area is 92.3 Å². The van der Waals surface area contributed by atoms with E-state index in [1.807, 2.05) is 0 Å². The highest BCUT2D eigenvalue weighted by molar-refractivity contribution is 5.74. The molecule has 1 rings (SSSR count). The standard InChI is InChI=1S/C10H15F2NO3/c1-6(14)13-8-3-7(9(15)16-2)4-10(11,12)5-8/h7-8H,3-5H2,1-2H3,(H,13,14)/t7-,8+/m1/s1. The van der Waals surface area contributed by atoms with Crippen molar-refractivity contribution < 1.29 is 23.1 Å². The van der Waals surface area contributed by atoms with Crippen LogP contribution < -0.4 is 5.32 Å². The van der Waals surface area contributed by atoms with Gasteiger partial charge in [-0.05, 0) is 6.42 Å². The Morgan fingerprint density at radius 3 is 2.50 bits per heavy atom. The van der Waals surface area contributed by atoms with Gasteiger partial charge in [-0.3, -0.25) is 9.59 Å². The quantitative estimate of drug-likeness (QED) is 0.729. The van der Waals surface area contributed by atoms with Crippen LogP contribution in [-0.4, -0.2) is 31.0 Å². The summed E-state index contributed by atoms with van der Waals surface area (Å²) in [5, 5.41) is 2.42. The first-order valence-electron chi connectivity index (χ1n) is 5.07. The largest absolute Gasteiger partial charge is 0.469 e. The van der Waals surface area contributed by atoms with E-state index in [0.717, 1.165) is 0 Å². The first kappa shape index (κ1) is 12.9. The molecule has 0 radical (unpaired) electrons. The molecule has 2 atom stereocenters. The Morgan fingerprint density at radius 2 is 2.00 bits per heavy atom. The number of carbonyl (C=O) groups is 2. The maximum Gasteiger partial charge on any atom is 0.308 e. The second kappa shape index (κ2) is 4.76. The molecule has 1 saturated carbocycles. The molecular formula is C10H15F2NO3. The lowest BCUT2D eigenvalue weighted by molar-refractivity contribution is -0.154. The molecule has 0 aromatic carbocycles. The molecule has 1 N–H and O–H groups in total. The van der Waals surface area contributed by atoms with Crippen molar-refractivity contribution in [2.24, 2.45) is 5.92 Å². The van der Waals surface area contributed by atoms with Gasteiger partial charge >= 0.3 is 5.97 Å². The average molecular weight is 235 g/mol. The number of esters is 1.